The molecule has 6 nitrogen and oxygen atoms in total. The molecule has 2 aromatic heterocycles. The lowest BCUT2D eigenvalue weighted by molar-refractivity contribution is 0.281. The average Bonchev–Trinajstić information content (AvgIpc) is 2.90. The van der Waals surface area contributed by atoms with E-state index in [2.05, 4.69) is 14.7 Å². The Bertz CT molecular complexity index is 594. The van der Waals surface area contributed by atoms with Crippen LogP contribution in [0.4, 0.5) is 0 Å². The number of thiazole rings is 1. The average molecular weight is 285 g/mol. The molecule has 0 saturated carbocycles. The molecule has 96 valence electrons. The van der Waals surface area contributed by atoms with E-state index in [1.807, 2.05) is 0 Å². The Morgan fingerprint density at radius 3 is 2.72 bits per heavy atom. The molecule has 0 aliphatic heterocycles. The lowest BCUT2D eigenvalue weighted by Gasteiger charge is -2.05. The van der Waals surface area contributed by atoms with E-state index in [1.54, 1.807) is 11.7 Å². The summed E-state index contributed by atoms with van der Waals surface area (Å²) in [6.07, 6.45) is 2.94. The highest BCUT2D eigenvalue weighted by Crippen LogP contribution is 2.09. The van der Waals surface area contributed by atoms with E-state index in [4.69, 9.17) is 5.11 Å². The molecule has 0 saturated heterocycles. The summed E-state index contributed by atoms with van der Waals surface area (Å²) in [4.78, 5) is 8.48. The third-order valence-corrected chi connectivity index (χ3v) is 4.27. The van der Waals surface area contributed by atoms with Crippen molar-refractivity contribution in [1.82, 2.24) is 14.7 Å². The summed E-state index contributed by atoms with van der Waals surface area (Å²) < 4.78 is 26.2. The molecule has 18 heavy (non-hydrogen) atoms. The minimum atomic E-state index is -3.63. The van der Waals surface area contributed by atoms with E-state index in [-0.39, 0.29) is 18.2 Å². The van der Waals surface area contributed by atoms with Gasteiger partial charge in [-0.3, -0.25) is 4.98 Å². The summed E-state index contributed by atoms with van der Waals surface area (Å²) in [5.74, 6) is 0. The summed E-state index contributed by atoms with van der Waals surface area (Å²) in [6.45, 7) is 0.0258. The zero-order valence-corrected chi connectivity index (χ0v) is 10.9. The predicted molar refractivity (Wildman–Crippen MR) is 66.3 cm³/mol. The van der Waals surface area contributed by atoms with Gasteiger partial charge in [-0.2, -0.15) is 0 Å². The topological polar surface area (TPSA) is 92.2 Å². The third kappa shape index (κ3) is 3.10. The zero-order chi connectivity index (χ0) is 13.0. The Hall–Kier alpha value is -1.35. The number of hydrogen-bond acceptors (Lipinski definition) is 6. The second-order valence-corrected chi connectivity index (χ2v) is 6.14. The van der Waals surface area contributed by atoms with Gasteiger partial charge in [0.2, 0.25) is 0 Å². The number of rotatable bonds is 5. The number of aliphatic hydroxyl groups is 1. The van der Waals surface area contributed by atoms with Gasteiger partial charge in [0.25, 0.3) is 10.0 Å². The minimum absolute atomic E-state index is 0.0655. The maximum atomic E-state index is 11.9. The first-order valence-electron chi connectivity index (χ1n) is 5.04. The van der Waals surface area contributed by atoms with Gasteiger partial charge >= 0.3 is 0 Å². The van der Waals surface area contributed by atoms with Gasteiger partial charge in [0.1, 0.15) is 0 Å². The molecule has 0 aliphatic carbocycles. The predicted octanol–water partition coefficient (Wildman–Crippen LogP) is 0.509. The first-order valence-corrected chi connectivity index (χ1v) is 7.41. The maximum absolute atomic E-state index is 11.9. The van der Waals surface area contributed by atoms with E-state index < -0.39 is 10.0 Å². The van der Waals surface area contributed by atoms with Crippen LogP contribution in [-0.2, 0) is 23.2 Å². The summed E-state index contributed by atoms with van der Waals surface area (Å²) in [7, 11) is -3.63. The van der Waals surface area contributed by atoms with Gasteiger partial charge < -0.3 is 5.11 Å². The van der Waals surface area contributed by atoms with Crippen molar-refractivity contribution < 1.29 is 13.5 Å². The zero-order valence-electron chi connectivity index (χ0n) is 9.28. The number of pyridine rings is 1. The van der Waals surface area contributed by atoms with E-state index in [0.29, 0.717) is 5.56 Å². The number of aromatic nitrogens is 2. The Kier molecular flexibility index (Phi) is 4.02. The fourth-order valence-electron chi connectivity index (χ4n) is 1.23. The Balaban J connectivity index is 2.09. The van der Waals surface area contributed by atoms with Crippen LogP contribution in [-0.4, -0.2) is 23.5 Å². The molecule has 0 atom stereocenters. The van der Waals surface area contributed by atoms with Crippen molar-refractivity contribution in [3.8, 4) is 0 Å². The van der Waals surface area contributed by atoms with Gasteiger partial charge in [0.15, 0.2) is 5.03 Å². The first-order chi connectivity index (χ1) is 8.62. The quantitative estimate of drug-likeness (QED) is 0.835. The molecule has 0 spiro atoms. The molecule has 2 N–H and O–H groups in total. The monoisotopic (exact) mass is 285 g/mol. The van der Waals surface area contributed by atoms with Crippen molar-refractivity contribution in [2.24, 2.45) is 0 Å². The van der Waals surface area contributed by atoms with Crippen LogP contribution >= 0.6 is 11.3 Å². The molecule has 0 fully saturated rings. The standard InChI is InChI=1S/C10H11N3O3S2/c14-6-8-1-2-10(12-3-8)18(15,16)13-5-9-4-11-7-17-9/h1-4,7,13-14H,5-6H2. The second-order valence-electron chi connectivity index (χ2n) is 3.46. The molecule has 0 aliphatic rings. The lowest BCUT2D eigenvalue weighted by Crippen LogP contribution is -2.23. The molecule has 8 heteroatoms. The van der Waals surface area contributed by atoms with Gasteiger partial charge in [-0.15, -0.1) is 11.3 Å². The number of nitrogens with one attached hydrogen (secondary N) is 1. The molecular weight excluding hydrogens is 274 g/mol. The Morgan fingerprint density at radius 1 is 1.33 bits per heavy atom. The molecule has 2 heterocycles. The van der Waals surface area contributed by atoms with Crippen molar-refractivity contribution in [3.05, 3.63) is 40.5 Å². The van der Waals surface area contributed by atoms with Crippen molar-refractivity contribution in [3.63, 3.8) is 0 Å². The van der Waals surface area contributed by atoms with Gasteiger partial charge in [0.05, 0.1) is 12.1 Å². The fraction of sp³-hybridized carbons (Fsp3) is 0.200. The molecular formula is C10H11N3O3S2. The molecule has 2 aromatic rings. The fourth-order valence-corrected chi connectivity index (χ4v) is 2.79. The highest BCUT2D eigenvalue weighted by Gasteiger charge is 2.15. The minimum Gasteiger partial charge on any atom is -0.392 e. The van der Waals surface area contributed by atoms with Crippen LogP contribution in [0, 0.1) is 0 Å². The third-order valence-electron chi connectivity index (χ3n) is 2.18. The molecule has 0 bridgehead atoms. The van der Waals surface area contributed by atoms with Crippen molar-refractivity contribution in [2.75, 3.05) is 0 Å². The molecule has 2 rings (SSSR count). The number of nitrogens with zero attached hydrogens (tertiary/aromatic N) is 2. The summed E-state index contributed by atoms with van der Waals surface area (Å²) in [5.41, 5.74) is 2.20. The number of sulfonamides is 1. The highest BCUT2D eigenvalue weighted by molar-refractivity contribution is 7.89. The van der Waals surface area contributed by atoms with Crippen LogP contribution in [0.5, 0.6) is 0 Å². The number of hydrogen-bond donors (Lipinski definition) is 2. The first kappa shape index (κ1) is 13.1. The summed E-state index contributed by atoms with van der Waals surface area (Å²) in [5, 5.41) is 8.78. The highest BCUT2D eigenvalue weighted by atomic mass is 32.2. The van der Waals surface area contributed by atoms with E-state index in [0.717, 1.165) is 4.88 Å². The smallest absolute Gasteiger partial charge is 0.258 e. The van der Waals surface area contributed by atoms with Crippen LogP contribution in [0.15, 0.2) is 35.1 Å². The summed E-state index contributed by atoms with van der Waals surface area (Å²) in [6, 6.07) is 2.88. The molecule has 0 radical (unpaired) electrons. The largest absolute Gasteiger partial charge is 0.392 e. The van der Waals surface area contributed by atoms with Gasteiger partial charge in [0, 0.05) is 23.8 Å². The van der Waals surface area contributed by atoms with E-state index in [1.165, 1.54) is 29.7 Å². The van der Waals surface area contributed by atoms with Crippen LogP contribution in [0.2, 0.25) is 0 Å². The van der Waals surface area contributed by atoms with Gasteiger partial charge in [-0.05, 0) is 11.6 Å². The van der Waals surface area contributed by atoms with Crippen molar-refractivity contribution in [2.45, 2.75) is 18.2 Å². The van der Waals surface area contributed by atoms with Crippen molar-refractivity contribution in [1.29, 1.82) is 0 Å². The summed E-state index contributed by atoms with van der Waals surface area (Å²) >= 11 is 1.37. The molecule has 0 amide bonds. The van der Waals surface area contributed by atoms with E-state index in [9.17, 15) is 8.42 Å². The number of aliphatic hydroxyl groups excluding tert-OH is 1. The van der Waals surface area contributed by atoms with E-state index >= 15 is 0 Å². The molecule has 0 unspecified atom stereocenters. The van der Waals surface area contributed by atoms with Crippen LogP contribution < -0.4 is 4.72 Å². The normalized spacial score (nSPS) is 11.6. The van der Waals surface area contributed by atoms with Gasteiger partial charge in [-0.1, -0.05) is 6.07 Å². The van der Waals surface area contributed by atoms with Crippen LogP contribution in [0.25, 0.3) is 0 Å². The van der Waals surface area contributed by atoms with Crippen LogP contribution in [0.1, 0.15) is 10.4 Å². The lowest BCUT2D eigenvalue weighted by atomic mass is 10.3. The maximum Gasteiger partial charge on any atom is 0.258 e. The Morgan fingerprint density at radius 2 is 2.17 bits per heavy atom. The SMILES string of the molecule is O=S(=O)(NCc1cncs1)c1ccc(CO)cn1. The van der Waals surface area contributed by atoms with Gasteiger partial charge in [-0.25, -0.2) is 18.1 Å². The Labute approximate surface area is 108 Å². The second kappa shape index (κ2) is 5.53. The van der Waals surface area contributed by atoms with Crippen molar-refractivity contribution >= 4 is 21.4 Å². The molecule has 0 aromatic carbocycles. The van der Waals surface area contributed by atoms with Crippen LogP contribution in [0.3, 0.4) is 0 Å².